The lowest BCUT2D eigenvalue weighted by Crippen LogP contribution is -2.45. The van der Waals surface area contributed by atoms with Crippen molar-refractivity contribution in [2.75, 3.05) is 44.3 Å². The molecule has 2 aliphatic heterocycles. The Hall–Kier alpha value is -2.24. The number of carbonyl (C=O) groups excluding carboxylic acids is 1. The first-order chi connectivity index (χ1) is 13.6. The molecule has 0 saturated carbocycles. The number of anilines is 1. The highest BCUT2D eigenvalue weighted by Gasteiger charge is 2.20. The fourth-order valence-electron chi connectivity index (χ4n) is 3.70. The molecule has 0 bridgehead atoms. The number of hydrogen-bond acceptors (Lipinski definition) is 5. The van der Waals surface area contributed by atoms with Gasteiger partial charge in [-0.15, -0.1) is 0 Å². The highest BCUT2D eigenvalue weighted by atomic mass is 35.5. The molecule has 2 aromatic rings. The van der Waals surface area contributed by atoms with Crippen molar-refractivity contribution in [2.24, 2.45) is 0 Å². The van der Waals surface area contributed by atoms with Crippen molar-refractivity contribution in [2.45, 2.75) is 19.9 Å². The van der Waals surface area contributed by atoms with Gasteiger partial charge in [0.25, 0.3) is 0 Å². The molecule has 0 aliphatic carbocycles. The number of nitrogens with zero attached hydrogens (tertiary/aromatic N) is 2. The van der Waals surface area contributed by atoms with Gasteiger partial charge in [-0.1, -0.05) is 11.6 Å². The normalized spacial score (nSPS) is 17.3. The maximum Gasteiger partial charge on any atom is 0.179 e. The van der Waals surface area contributed by atoms with Crippen molar-refractivity contribution in [3.05, 3.63) is 52.5 Å². The van der Waals surface area contributed by atoms with Crippen molar-refractivity contribution in [1.82, 2.24) is 4.90 Å². The summed E-state index contributed by atoms with van der Waals surface area (Å²) in [5.74, 6) is 1.52. The van der Waals surface area contributed by atoms with Gasteiger partial charge in [-0.3, -0.25) is 9.69 Å². The second-order valence-electron chi connectivity index (χ2n) is 7.32. The van der Waals surface area contributed by atoms with Crippen LogP contribution in [0.25, 0.3) is 0 Å². The standard InChI is InChI=1S/C22H25ClN2O3/c1-16(26)18-3-5-19(6-4-18)25-9-7-24(8-10-25)15-17-13-20(23)22-21(14-17)27-11-2-12-28-22/h3-6,13-14H,2,7-12,15H2,1H3. The van der Waals surface area contributed by atoms with Crippen molar-refractivity contribution >= 4 is 23.1 Å². The molecule has 0 aromatic heterocycles. The van der Waals surface area contributed by atoms with Crippen molar-refractivity contribution in [3.8, 4) is 11.5 Å². The molecule has 0 atom stereocenters. The molecule has 2 aromatic carbocycles. The van der Waals surface area contributed by atoms with Crippen molar-refractivity contribution in [3.63, 3.8) is 0 Å². The lowest BCUT2D eigenvalue weighted by molar-refractivity contribution is 0.101. The molecule has 0 spiro atoms. The molecule has 0 N–H and O–H groups in total. The number of ether oxygens (including phenoxy) is 2. The Morgan fingerprint density at radius 3 is 2.46 bits per heavy atom. The van der Waals surface area contributed by atoms with E-state index in [1.807, 2.05) is 30.3 Å². The third-order valence-corrected chi connectivity index (χ3v) is 5.56. The molecular formula is C22H25ClN2O3. The van der Waals surface area contributed by atoms with Crippen LogP contribution in [0.2, 0.25) is 5.02 Å². The van der Waals surface area contributed by atoms with Crippen molar-refractivity contribution < 1.29 is 14.3 Å². The van der Waals surface area contributed by atoms with Crippen LogP contribution in [0, 0.1) is 0 Å². The Kier molecular flexibility index (Phi) is 5.74. The van der Waals surface area contributed by atoms with E-state index < -0.39 is 0 Å². The van der Waals surface area contributed by atoms with E-state index in [-0.39, 0.29) is 5.78 Å². The lowest BCUT2D eigenvalue weighted by Gasteiger charge is -2.36. The summed E-state index contributed by atoms with van der Waals surface area (Å²) in [6.45, 7) is 7.60. The van der Waals surface area contributed by atoms with Gasteiger partial charge in [0.2, 0.25) is 0 Å². The quantitative estimate of drug-likeness (QED) is 0.725. The van der Waals surface area contributed by atoms with Crippen molar-refractivity contribution in [1.29, 1.82) is 0 Å². The van der Waals surface area contributed by atoms with E-state index in [4.69, 9.17) is 21.1 Å². The van der Waals surface area contributed by atoms with E-state index in [2.05, 4.69) is 15.9 Å². The Bertz CT molecular complexity index is 846. The van der Waals surface area contributed by atoms with E-state index >= 15 is 0 Å². The first kappa shape index (κ1) is 19.1. The Morgan fingerprint density at radius 2 is 1.75 bits per heavy atom. The summed E-state index contributed by atoms with van der Waals surface area (Å²) in [5, 5.41) is 0.624. The molecule has 148 valence electrons. The molecule has 2 heterocycles. The monoisotopic (exact) mass is 400 g/mol. The molecule has 0 amide bonds. The number of Topliss-reactive ketones (excluding diaryl/α,β-unsaturated/α-hetero) is 1. The van der Waals surface area contributed by atoms with Crippen LogP contribution in [-0.4, -0.2) is 50.1 Å². The zero-order chi connectivity index (χ0) is 19.5. The summed E-state index contributed by atoms with van der Waals surface area (Å²) >= 11 is 6.42. The second-order valence-corrected chi connectivity index (χ2v) is 7.73. The molecular weight excluding hydrogens is 376 g/mol. The van der Waals surface area contributed by atoms with E-state index in [0.29, 0.717) is 24.0 Å². The second kappa shape index (κ2) is 8.41. The van der Waals surface area contributed by atoms with E-state index in [9.17, 15) is 4.79 Å². The number of benzene rings is 2. The highest BCUT2D eigenvalue weighted by molar-refractivity contribution is 6.32. The number of rotatable bonds is 4. The average Bonchev–Trinajstić information content (AvgIpc) is 2.95. The van der Waals surface area contributed by atoms with Crippen LogP contribution in [0.5, 0.6) is 11.5 Å². The first-order valence-electron chi connectivity index (χ1n) is 9.76. The number of halogens is 1. The molecule has 5 nitrogen and oxygen atoms in total. The summed E-state index contributed by atoms with van der Waals surface area (Å²) in [4.78, 5) is 16.2. The molecule has 4 rings (SSSR count). The highest BCUT2D eigenvalue weighted by Crippen LogP contribution is 2.38. The van der Waals surface area contributed by atoms with Crippen LogP contribution in [0.1, 0.15) is 29.3 Å². The van der Waals surface area contributed by atoms with Gasteiger partial charge in [-0.2, -0.15) is 0 Å². The molecule has 1 saturated heterocycles. The van der Waals surface area contributed by atoms with Gasteiger partial charge in [0, 0.05) is 50.4 Å². The maximum atomic E-state index is 11.4. The summed E-state index contributed by atoms with van der Waals surface area (Å²) in [5.41, 5.74) is 3.07. The van der Waals surface area contributed by atoms with Gasteiger partial charge in [0.15, 0.2) is 17.3 Å². The van der Waals surface area contributed by atoms with Gasteiger partial charge in [-0.05, 0) is 48.9 Å². The minimum absolute atomic E-state index is 0.102. The van der Waals surface area contributed by atoms with Gasteiger partial charge in [0.05, 0.1) is 18.2 Å². The summed E-state index contributed by atoms with van der Waals surface area (Å²) < 4.78 is 11.5. The van der Waals surface area contributed by atoms with Crippen LogP contribution in [-0.2, 0) is 6.54 Å². The minimum Gasteiger partial charge on any atom is -0.489 e. The number of ketones is 1. The zero-order valence-electron chi connectivity index (χ0n) is 16.1. The molecule has 0 unspecified atom stereocenters. The fraction of sp³-hybridized carbons (Fsp3) is 0.409. The summed E-state index contributed by atoms with van der Waals surface area (Å²) in [6, 6.07) is 11.9. The number of carbonyl (C=O) groups is 1. The number of hydrogen-bond donors (Lipinski definition) is 0. The third-order valence-electron chi connectivity index (χ3n) is 5.28. The average molecular weight is 401 g/mol. The Balaban J connectivity index is 1.37. The van der Waals surface area contributed by atoms with E-state index in [1.165, 1.54) is 5.69 Å². The zero-order valence-corrected chi connectivity index (χ0v) is 16.9. The maximum absolute atomic E-state index is 11.4. The van der Waals surface area contributed by atoms with Gasteiger partial charge >= 0.3 is 0 Å². The SMILES string of the molecule is CC(=O)c1ccc(N2CCN(Cc3cc(Cl)c4c(c3)OCCCO4)CC2)cc1. The summed E-state index contributed by atoms with van der Waals surface area (Å²) in [7, 11) is 0. The molecule has 0 radical (unpaired) electrons. The van der Waals surface area contributed by atoms with Crippen LogP contribution < -0.4 is 14.4 Å². The molecule has 1 fully saturated rings. The predicted molar refractivity (Wildman–Crippen MR) is 111 cm³/mol. The van der Waals surface area contributed by atoms with E-state index in [0.717, 1.165) is 56.0 Å². The van der Waals surface area contributed by atoms with Gasteiger partial charge in [-0.25, -0.2) is 0 Å². The Labute approximate surface area is 170 Å². The number of piperazine rings is 1. The van der Waals surface area contributed by atoms with Crippen LogP contribution in [0.4, 0.5) is 5.69 Å². The predicted octanol–water partition coefficient (Wildman–Crippen LogP) is 4.03. The minimum atomic E-state index is 0.102. The van der Waals surface area contributed by atoms with E-state index in [1.54, 1.807) is 6.92 Å². The molecule has 28 heavy (non-hydrogen) atoms. The summed E-state index contributed by atoms with van der Waals surface area (Å²) in [6.07, 6.45) is 0.871. The Morgan fingerprint density at radius 1 is 1.04 bits per heavy atom. The smallest absolute Gasteiger partial charge is 0.179 e. The largest absolute Gasteiger partial charge is 0.489 e. The number of fused-ring (bicyclic) bond motifs is 1. The molecule has 6 heteroatoms. The first-order valence-corrected chi connectivity index (χ1v) is 10.1. The van der Waals surface area contributed by atoms with Gasteiger partial charge in [0.1, 0.15) is 0 Å². The third kappa shape index (κ3) is 4.26. The molecule has 2 aliphatic rings. The van der Waals surface area contributed by atoms with Crippen LogP contribution in [0.3, 0.4) is 0 Å². The van der Waals surface area contributed by atoms with Gasteiger partial charge < -0.3 is 14.4 Å². The lowest BCUT2D eigenvalue weighted by atomic mass is 10.1. The van der Waals surface area contributed by atoms with Crippen LogP contribution in [0.15, 0.2) is 36.4 Å². The fourth-order valence-corrected chi connectivity index (χ4v) is 3.99. The topological polar surface area (TPSA) is 42.0 Å². The van der Waals surface area contributed by atoms with Crippen LogP contribution >= 0.6 is 11.6 Å².